The van der Waals surface area contributed by atoms with Gasteiger partial charge < -0.3 is 9.30 Å². The Labute approximate surface area is 230 Å². The molecule has 0 saturated heterocycles. The van der Waals surface area contributed by atoms with Gasteiger partial charge in [0.05, 0.1) is 35.3 Å². The quantitative estimate of drug-likeness (QED) is 0.130. The molecule has 0 saturated carbocycles. The zero-order chi connectivity index (χ0) is 28.3. The van der Waals surface area contributed by atoms with Crippen molar-refractivity contribution in [2.75, 3.05) is 17.3 Å². The number of hydrazone groups is 1. The fourth-order valence-electron chi connectivity index (χ4n) is 4.53. The van der Waals surface area contributed by atoms with Crippen LogP contribution in [-0.4, -0.2) is 31.2 Å². The van der Waals surface area contributed by atoms with Crippen molar-refractivity contribution in [3.05, 3.63) is 113 Å². The maximum absolute atomic E-state index is 13.4. The average Bonchev–Trinajstić information content (AvgIpc) is 3.25. The number of ether oxygens (including phenoxy) is 1. The summed E-state index contributed by atoms with van der Waals surface area (Å²) in [5.41, 5.74) is 6.41. The summed E-state index contributed by atoms with van der Waals surface area (Å²) in [4.78, 5) is 10.5. The van der Waals surface area contributed by atoms with Gasteiger partial charge in [-0.15, -0.1) is 0 Å². The van der Waals surface area contributed by atoms with Crippen LogP contribution in [0.5, 0.6) is 5.75 Å². The highest BCUT2D eigenvalue weighted by molar-refractivity contribution is 7.93. The van der Waals surface area contributed by atoms with E-state index in [1.54, 1.807) is 24.4 Å². The molecule has 0 fully saturated rings. The minimum absolute atomic E-state index is 0.0609. The van der Waals surface area contributed by atoms with Gasteiger partial charge in [-0.2, -0.15) is 5.10 Å². The molecule has 4 aromatic carbocycles. The molecule has 5 rings (SSSR count). The molecule has 202 valence electrons. The lowest BCUT2D eigenvalue weighted by Crippen LogP contribution is -2.15. The van der Waals surface area contributed by atoms with Gasteiger partial charge in [0.15, 0.2) is 0 Å². The number of aromatic nitrogens is 1. The standard InChI is InChI=1S/C29H25N5O5S/c1-33-26-14-8-6-12-22(26)23(29(33)20-10-4-3-5-11-20)19-30-31-25-17-16-21(34(35)36)18-28(25)40(37,38)32-24-13-7-9-15-27(24)39-2/h3-19,31-32H,1-2H3/b30-19+. The highest BCUT2D eigenvalue weighted by Crippen LogP contribution is 2.33. The molecular weight excluding hydrogens is 530 g/mol. The normalized spacial score (nSPS) is 11.6. The number of nitrogens with one attached hydrogen (secondary N) is 2. The Morgan fingerprint density at radius 3 is 2.38 bits per heavy atom. The molecule has 0 bridgehead atoms. The number of sulfonamides is 1. The third-order valence-electron chi connectivity index (χ3n) is 6.39. The highest BCUT2D eigenvalue weighted by atomic mass is 32.2. The molecule has 0 atom stereocenters. The van der Waals surface area contributed by atoms with Crippen molar-refractivity contribution < 1.29 is 18.1 Å². The summed E-state index contributed by atoms with van der Waals surface area (Å²) in [5.74, 6) is 0.299. The lowest BCUT2D eigenvalue weighted by Gasteiger charge is -2.14. The molecule has 40 heavy (non-hydrogen) atoms. The minimum atomic E-state index is -4.28. The Bertz CT molecular complexity index is 1850. The van der Waals surface area contributed by atoms with E-state index in [9.17, 15) is 18.5 Å². The van der Waals surface area contributed by atoms with E-state index >= 15 is 0 Å². The van der Waals surface area contributed by atoms with Gasteiger partial charge in [0.25, 0.3) is 15.7 Å². The van der Waals surface area contributed by atoms with Gasteiger partial charge >= 0.3 is 0 Å². The molecule has 1 aromatic heterocycles. The number of nitrogens with zero attached hydrogens (tertiary/aromatic N) is 3. The van der Waals surface area contributed by atoms with Gasteiger partial charge in [0.2, 0.25) is 0 Å². The monoisotopic (exact) mass is 555 g/mol. The van der Waals surface area contributed by atoms with Crippen molar-refractivity contribution >= 4 is 44.2 Å². The van der Waals surface area contributed by atoms with Crippen molar-refractivity contribution in [2.45, 2.75) is 4.90 Å². The second-order valence-corrected chi connectivity index (χ2v) is 10.5. The number of fused-ring (bicyclic) bond motifs is 1. The number of hydrogen-bond donors (Lipinski definition) is 2. The Balaban J connectivity index is 1.55. The second kappa shape index (κ2) is 10.9. The van der Waals surface area contributed by atoms with E-state index in [0.717, 1.165) is 33.8 Å². The topological polar surface area (TPSA) is 128 Å². The summed E-state index contributed by atoms with van der Waals surface area (Å²) < 4.78 is 36.6. The Kier molecular flexibility index (Phi) is 7.21. The van der Waals surface area contributed by atoms with Crippen LogP contribution in [0, 0.1) is 10.1 Å². The van der Waals surface area contributed by atoms with Crippen LogP contribution in [0.1, 0.15) is 5.56 Å². The van der Waals surface area contributed by atoms with Gasteiger partial charge in [-0.3, -0.25) is 20.3 Å². The number of methoxy groups -OCH3 is 1. The van der Waals surface area contributed by atoms with Crippen LogP contribution < -0.4 is 14.9 Å². The second-order valence-electron chi connectivity index (χ2n) is 8.82. The predicted octanol–water partition coefficient (Wildman–Crippen LogP) is 6.01. The van der Waals surface area contributed by atoms with E-state index in [1.807, 2.05) is 61.6 Å². The van der Waals surface area contributed by atoms with E-state index in [2.05, 4.69) is 19.8 Å². The van der Waals surface area contributed by atoms with Crippen LogP contribution in [0.15, 0.2) is 107 Å². The fraction of sp³-hybridized carbons (Fsp3) is 0.0690. The fourth-order valence-corrected chi connectivity index (χ4v) is 5.78. The number of hydrogen-bond acceptors (Lipinski definition) is 7. The molecule has 11 heteroatoms. The summed E-state index contributed by atoms with van der Waals surface area (Å²) in [6.07, 6.45) is 1.62. The zero-order valence-corrected chi connectivity index (χ0v) is 22.4. The number of benzene rings is 4. The van der Waals surface area contributed by atoms with Gasteiger partial charge in [-0.25, -0.2) is 8.42 Å². The molecule has 2 N–H and O–H groups in total. The molecule has 0 spiro atoms. The average molecular weight is 556 g/mol. The third kappa shape index (κ3) is 5.09. The van der Waals surface area contributed by atoms with E-state index in [1.165, 1.54) is 25.3 Å². The number of non-ortho nitro benzene ring substituents is 1. The smallest absolute Gasteiger partial charge is 0.270 e. The molecular formula is C29H25N5O5S. The maximum Gasteiger partial charge on any atom is 0.270 e. The Morgan fingerprint density at radius 2 is 1.62 bits per heavy atom. The Morgan fingerprint density at radius 1 is 0.925 bits per heavy atom. The van der Waals surface area contributed by atoms with Crippen LogP contribution >= 0.6 is 0 Å². The molecule has 0 amide bonds. The highest BCUT2D eigenvalue weighted by Gasteiger charge is 2.24. The summed E-state index contributed by atoms with van der Waals surface area (Å²) in [7, 11) is -0.896. The lowest BCUT2D eigenvalue weighted by atomic mass is 10.1. The van der Waals surface area contributed by atoms with Crippen LogP contribution in [0.2, 0.25) is 0 Å². The van der Waals surface area contributed by atoms with Crippen LogP contribution in [-0.2, 0) is 17.1 Å². The van der Waals surface area contributed by atoms with Crippen LogP contribution in [0.25, 0.3) is 22.2 Å². The maximum atomic E-state index is 13.4. The van der Waals surface area contributed by atoms with Crippen LogP contribution in [0.4, 0.5) is 17.1 Å². The van der Waals surface area contributed by atoms with E-state index in [4.69, 9.17) is 4.74 Å². The Hall–Kier alpha value is -5.16. The van der Waals surface area contributed by atoms with Crippen LogP contribution in [0.3, 0.4) is 0 Å². The summed E-state index contributed by atoms with van der Waals surface area (Å²) >= 11 is 0. The minimum Gasteiger partial charge on any atom is -0.495 e. The van der Waals surface area contributed by atoms with Crippen molar-refractivity contribution in [2.24, 2.45) is 12.1 Å². The zero-order valence-electron chi connectivity index (χ0n) is 21.6. The first-order valence-corrected chi connectivity index (χ1v) is 13.6. The van der Waals surface area contributed by atoms with Crippen molar-refractivity contribution in [1.29, 1.82) is 0 Å². The SMILES string of the molecule is COc1ccccc1NS(=O)(=O)c1cc([N+](=O)[O-])ccc1N/N=C/c1c(-c2ccccc2)n(C)c2ccccc12. The predicted molar refractivity (Wildman–Crippen MR) is 156 cm³/mol. The van der Waals surface area contributed by atoms with Gasteiger partial charge in [0.1, 0.15) is 10.6 Å². The summed E-state index contributed by atoms with van der Waals surface area (Å²) in [6, 6.07) is 27.7. The molecule has 0 radical (unpaired) electrons. The molecule has 0 unspecified atom stereocenters. The molecule has 1 heterocycles. The van der Waals surface area contributed by atoms with Crippen molar-refractivity contribution in [3.8, 4) is 17.0 Å². The van der Waals surface area contributed by atoms with Gasteiger partial charge in [-0.05, 0) is 29.8 Å². The largest absolute Gasteiger partial charge is 0.495 e. The number of anilines is 2. The number of rotatable bonds is 9. The summed E-state index contributed by atoms with van der Waals surface area (Å²) in [6.45, 7) is 0. The first-order chi connectivity index (χ1) is 19.3. The van der Waals surface area contributed by atoms with E-state index in [-0.39, 0.29) is 22.0 Å². The molecule has 0 aliphatic heterocycles. The lowest BCUT2D eigenvalue weighted by molar-refractivity contribution is -0.385. The number of aryl methyl sites for hydroxylation is 1. The van der Waals surface area contributed by atoms with Gasteiger partial charge in [0, 0.05) is 35.6 Å². The van der Waals surface area contributed by atoms with Gasteiger partial charge in [-0.1, -0.05) is 60.7 Å². The number of nitro benzene ring substituents is 1. The molecule has 5 aromatic rings. The van der Waals surface area contributed by atoms with E-state index in [0.29, 0.717) is 5.75 Å². The number of nitro groups is 1. The summed E-state index contributed by atoms with van der Waals surface area (Å²) in [5, 5.41) is 16.8. The first kappa shape index (κ1) is 26.4. The molecule has 0 aliphatic carbocycles. The number of para-hydroxylation sites is 3. The van der Waals surface area contributed by atoms with Crippen molar-refractivity contribution in [1.82, 2.24) is 4.57 Å². The van der Waals surface area contributed by atoms with E-state index < -0.39 is 14.9 Å². The van der Waals surface area contributed by atoms with Crippen molar-refractivity contribution in [3.63, 3.8) is 0 Å². The molecule has 0 aliphatic rings. The molecule has 10 nitrogen and oxygen atoms in total. The third-order valence-corrected chi connectivity index (χ3v) is 7.79. The first-order valence-electron chi connectivity index (χ1n) is 12.2.